The Morgan fingerprint density at radius 3 is 3.05 bits per heavy atom. The van der Waals surface area contributed by atoms with Crippen molar-refractivity contribution in [2.45, 2.75) is 0 Å². The Hall–Kier alpha value is -2.74. The van der Waals surface area contributed by atoms with Crippen LogP contribution in [-0.4, -0.2) is 25.7 Å². The van der Waals surface area contributed by atoms with E-state index in [2.05, 4.69) is 20.4 Å². The number of H-pyrrole nitrogens is 1. The van der Waals surface area contributed by atoms with Crippen molar-refractivity contribution in [3.8, 4) is 10.6 Å². The number of amides is 1. The van der Waals surface area contributed by atoms with E-state index in [-0.39, 0.29) is 16.9 Å². The molecule has 8 heteroatoms. The van der Waals surface area contributed by atoms with Crippen LogP contribution in [0.1, 0.15) is 10.5 Å². The molecule has 0 aliphatic rings. The van der Waals surface area contributed by atoms with E-state index in [4.69, 9.17) is 0 Å². The van der Waals surface area contributed by atoms with Gasteiger partial charge in [-0.1, -0.05) is 0 Å². The minimum Gasteiger partial charge on any atom is -0.327 e. The molecule has 1 amide bonds. The zero-order valence-corrected chi connectivity index (χ0v) is 11.8. The maximum Gasteiger partial charge on any atom is 0.275 e. The maximum atomic E-state index is 12.1. The van der Waals surface area contributed by atoms with E-state index in [1.165, 1.54) is 23.6 Å². The normalized spacial score (nSPS) is 10.5. The molecule has 0 aromatic carbocycles. The summed E-state index contributed by atoms with van der Waals surface area (Å²) in [4.78, 5) is 30.3. The fourth-order valence-corrected chi connectivity index (χ4v) is 2.52. The lowest BCUT2D eigenvalue weighted by Gasteiger charge is -2.00. The number of aromatic amines is 1. The lowest BCUT2D eigenvalue weighted by Crippen LogP contribution is -2.19. The van der Waals surface area contributed by atoms with Crippen LogP contribution in [0.4, 0.5) is 5.69 Å². The predicted octanol–water partition coefficient (Wildman–Crippen LogP) is 1.48. The number of nitrogens with zero attached hydrogens (tertiary/aromatic N) is 3. The van der Waals surface area contributed by atoms with Crippen LogP contribution in [0, 0.1) is 0 Å². The Morgan fingerprint density at radius 1 is 1.48 bits per heavy atom. The molecule has 7 nitrogen and oxygen atoms in total. The molecule has 3 heterocycles. The van der Waals surface area contributed by atoms with Crippen LogP contribution in [0.25, 0.3) is 10.6 Å². The molecule has 0 atom stereocenters. The number of hydrogen-bond donors (Lipinski definition) is 2. The fraction of sp³-hybridized carbons (Fsp3) is 0.0769. The van der Waals surface area contributed by atoms with Gasteiger partial charge >= 0.3 is 0 Å². The van der Waals surface area contributed by atoms with Crippen molar-refractivity contribution >= 4 is 22.9 Å². The van der Waals surface area contributed by atoms with Crippen molar-refractivity contribution < 1.29 is 4.79 Å². The second-order valence-electron chi connectivity index (χ2n) is 4.31. The smallest absolute Gasteiger partial charge is 0.275 e. The second kappa shape index (κ2) is 5.33. The van der Waals surface area contributed by atoms with Crippen LogP contribution in [0.15, 0.2) is 40.9 Å². The molecule has 0 bridgehead atoms. The molecular weight excluding hydrogens is 290 g/mol. The highest BCUT2D eigenvalue weighted by atomic mass is 32.1. The molecule has 0 spiro atoms. The van der Waals surface area contributed by atoms with Gasteiger partial charge in [0.05, 0.1) is 6.20 Å². The summed E-state index contributed by atoms with van der Waals surface area (Å²) in [5, 5.41) is 8.95. The van der Waals surface area contributed by atoms with E-state index in [1.54, 1.807) is 22.3 Å². The Balaban J connectivity index is 1.82. The first-order valence-corrected chi connectivity index (χ1v) is 6.95. The Kier molecular flexibility index (Phi) is 3.36. The van der Waals surface area contributed by atoms with Crippen LogP contribution in [-0.2, 0) is 7.05 Å². The van der Waals surface area contributed by atoms with Gasteiger partial charge in [-0.3, -0.25) is 14.3 Å². The molecular formula is C13H11N5O2S. The third-order valence-corrected chi connectivity index (χ3v) is 3.65. The van der Waals surface area contributed by atoms with Crippen LogP contribution >= 0.6 is 11.3 Å². The average Bonchev–Trinajstić information content (AvgIpc) is 3.10. The summed E-state index contributed by atoms with van der Waals surface area (Å²) < 4.78 is 1.67. The second-order valence-corrected chi connectivity index (χ2v) is 5.17. The van der Waals surface area contributed by atoms with Gasteiger partial charge in [-0.2, -0.15) is 5.10 Å². The SMILES string of the molecule is Cn1cc(-c2nc(C(=O)Nc3ccc[nH]c3=O)cs2)cn1. The Bertz CT molecular complexity index is 848. The van der Waals surface area contributed by atoms with E-state index >= 15 is 0 Å². The van der Waals surface area contributed by atoms with Crippen molar-refractivity contribution in [2.75, 3.05) is 5.32 Å². The van der Waals surface area contributed by atoms with E-state index in [9.17, 15) is 9.59 Å². The summed E-state index contributed by atoms with van der Waals surface area (Å²) in [6.07, 6.45) is 5.01. The van der Waals surface area contributed by atoms with E-state index in [1.807, 2.05) is 13.2 Å². The zero-order valence-electron chi connectivity index (χ0n) is 11.0. The van der Waals surface area contributed by atoms with E-state index in [0.717, 1.165) is 5.56 Å². The number of aryl methyl sites for hydroxylation is 1. The van der Waals surface area contributed by atoms with Crippen molar-refractivity contribution in [2.24, 2.45) is 7.05 Å². The van der Waals surface area contributed by atoms with Gasteiger partial charge in [0.1, 0.15) is 16.4 Å². The summed E-state index contributed by atoms with van der Waals surface area (Å²) in [6.45, 7) is 0. The maximum absolute atomic E-state index is 12.1. The highest BCUT2D eigenvalue weighted by Crippen LogP contribution is 2.23. The summed E-state index contributed by atoms with van der Waals surface area (Å²) in [6, 6.07) is 3.17. The number of thiazole rings is 1. The first kappa shape index (κ1) is 13.3. The van der Waals surface area contributed by atoms with Crippen LogP contribution in [0.2, 0.25) is 0 Å². The minimum absolute atomic E-state index is 0.193. The molecule has 0 fully saturated rings. The van der Waals surface area contributed by atoms with Crippen LogP contribution in [0.5, 0.6) is 0 Å². The zero-order chi connectivity index (χ0) is 14.8. The van der Waals surface area contributed by atoms with Crippen LogP contribution in [0.3, 0.4) is 0 Å². The van der Waals surface area contributed by atoms with E-state index in [0.29, 0.717) is 5.01 Å². The standard InChI is InChI=1S/C13H11N5O2S/c1-18-6-8(5-15-18)13-17-10(7-21-13)12(20)16-9-3-2-4-14-11(9)19/h2-7H,1H3,(H,14,19)(H,16,20). The Morgan fingerprint density at radius 2 is 2.33 bits per heavy atom. The van der Waals surface area contributed by atoms with E-state index < -0.39 is 5.91 Å². The largest absolute Gasteiger partial charge is 0.327 e. The first-order chi connectivity index (χ1) is 10.1. The molecule has 0 radical (unpaired) electrons. The number of anilines is 1. The molecule has 21 heavy (non-hydrogen) atoms. The number of pyridine rings is 1. The topological polar surface area (TPSA) is 92.7 Å². The highest BCUT2D eigenvalue weighted by molar-refractivity contribution is 7.13. The number of nitrogens with one attached hydrogen (secondary N) is 2. The molecule has 0 unspecified atom stereocenters. The van der Waals surface area contributed by atoms with Crippen molar-refractivity contribution in [3.05, 3.63) is 52.2 Å². The number of rotatable bonds is 3. The number of aromatic nitrogens is 4. The number of carbonyl (C=O) groups excluding carboxylic acids is 1. The van der Waals surface area contributed by atoms with Gasteiger partial charge in [0.2, 0.25) is 0 Å². The van der Waals surface area contributed by atoms with Crippen LogP contribution < -0.4 is 10.9 Å². The fourth-order valence-electron chi connectivity index (χ4n) is 1.75. The number of carbonyl (C=O) groups is 1. The molecule has 2 N–H and O–H groups in total. The molecule has 3 aromatic heterocycles. The summed E-state index contributed by atoms with van der Waals surface area (Å²) in [5.74, 6) is -0.418. The van der Waals surface area contributed by atoms with Gasteiger partial charge in [0, 0.05) is 30.4 Å². The quantitative estimate of drug-likeness (QED) is 0.766. The summed E-state index contributed by atoms with van der Waals surface area (Å²) in [5.41, 5.74) is 0.952. The lowest BCUT2D eigenvalue weighted by atomic mass is 10.3. The lowest BCUT2D eigenvalue weighted by molar-refractivity contribution is 0.102. The van der Waals surface area contributed by atoms with Crippen molar-refractivity contribution in [3.63, 3.8) is 0 Å². The van der Waals surface area contributed by atoms with Gasteiger partial charge in [-0.15, -0.1) is 11.3 Å². The minimum atomic E-state index is -0.418. The highest BCUT2D eigenvalue weighted by Gasteiger charge is 2.14. The van der Waals surface area contributed by atoms with Crippen molar-refractivity contribution in [1.29, 1.82) is 0 Å². The predicted molar refractivity (Wildman–Crippen MR) is 79.3 cm³/mol. The molecule has 3 rings (SSSR count). The molecule has 0 saturated heterocycles. The van der Waals surface area contributed by atoms with Crippen molar-refractivity contribution in [1.82, 2.24) is 19.7 Å². The van der Waals surface area contributed by atoms with Gasteiger partial charge in [0.15, 0.2) is 0 Å². The summed E-state index contributed by atoms with van der Waals surface area (Å²) >= 11 is 1.35. The molecule has 3 aromatic rings. The Labute approximate surface area is 123 Å². The molecule has 0 aliphatic carbocycles. The molecule has 0 aliphatic heterocycles. The van der Waals surface area contributed by atoms with Gasteiger partial charge in [0.25, 0.3) is 11.5 Å². The average molecular weight is 301 g/mol. The first-order valence-electron chi connectivity index (χ1n) is 6.07. The third kappa shape index (κ3) is 2.75. The monoisotopic (exact) mass is 301 g/mol. The number of hydrogen-bond acceptors (Lipinski definition) is 5. The van der Waals surface area contributed by atoms with Gasteiger partial charge < -0.3 is 10.3 Å². The molecule has 106 valence electrons. The van der Waals surface area contributed by atoms with Gasteiger partial charge in [-0.05, 0) is 12.1 Å². The summed E-state index contributed by atoms with van der Waals surface area (Å²) in [7, 11) is 1.81. The van der Waals surface area contributed by atoms with Gasteiger partial charge in [-0.25, -0.2) is 4.98 Å². The molecule has 0 saturated carbocycles. The third-order valence-electron chi connectivity index (χ3n) is 2.76.